The van der Waals surface area contributed by atoms with E-state index in [9.17, 15) is 9.59 Å². The van der Waals surface area contributed by atoms with E-state index >= 15 is 0 Å². The largest absolute Gasteiger partial charge is 0.345 e. The number of aromatic nitrogens is 3. The lowest BCUT2D eigenvalue weighted by Gasteiger charge is -2.09. The molecule has 3 aromatic rings. The summed E-state index contributed by atoms with van der Waals surface area (Å²) in [4.78, 5) is 24.6. The maximum Gasteiger partial charge on any atom is 0.251 e. The first kappa shape index (κ1) is 22.1. The number of carbonyl (C=O) groups excluding carboxylic acids is 2. The highest BCUT2D eigenvalue weighted by atomic mass is 35.5. The number of thioether (sulfide) groups is 1. The minimum atomic E-state index is -0.249. The van der Waals surface area contributed by atoms with Crippen molar-refractivity contribution < 1.29 is 9.59 Å². The Morgan fingerprint density at radius 3 is 2.63 bits per heavy atom. The van der Waals surface area contributed by atoms with Gasteiger partial charge in [-0.05, 0) is 30.7 Å². The van der Waals surface area contributed by atoms with Gasteiger partial charge in [-0.15, -0.1) is 10.2 Å². The van der Waals surface area contributed by atoms with Crippen LogP contribution in [0.25, 0.3) is 0 Å². The van der Waals surface area contributed by atoms with E-state index in [4.69, 9.17) is 23.2 Å². The lowest BCUT2D eigenvalue weighted by molar-refractivity contribution is -0.113. The van der Waals surface area contributed by atoms with Gasteiger partial charge < -0.3 is 15.2 Å². The fourth-order valence-corrected chi connectivity index (χ4v) is 3.70. The molecule has 0 saturated heterocycles. The molecule has 0 saturated carbocycles. The molecule has 1 heterocycles. The SMILES string of the molecule is Cc1ccccc1C(=O)NCc1nnc(SCC(=O)Nc2cccc(Cl)c2Cl)n1C. The number of benzene rings is 2. The van der Waals surface area contributed by atoms with Gasteiger partial charge in [-0.25, -0.2) is 0 Å². The van der Waals surface area contributed by atoms with Crippen molar-refractivity contribution in [2.75, 3.05) is 11.1 Å². The van der Waals surface area contributed by atoms with Crippen molar-refractivity contribution in [1.82, 2.24) is 20.1 Å². The van der Waals surface area contributed by atoms with Crippen LogP contribution in [0, 0.1) is 6.92 Å². The number of hydrogen-bond donors (Lipinski definition) is 2. The van der Waals surface area contributed by atoms with Crippen molar-refractivity contribution in [3.63, 3.8) is 0 Å². The molecule has 0 aliphatic rings. The average molecular weight is 464 g/mol. The lowest BCUT2D eigenvalue weighted by atomic mass is 10.1. The van der Waals surface area contributed by atoms with E-state index in [-0.39, 0.29) is 24.1 Å². The summed E-state index contributed by atoms with van der Waals surface area (Å²) in [5.41, 5.74) is 1.97. The highest BCUT2D eigenvalue weighted by Gasteiger charge is 2.14. The van der Waals surface area contributed by atoms with E-state index in [2.05, 4.69) is 20.8 Å². The smallest absolute Gasteiger partial charge is 0.251 e. The number of halogens is 2. The number of rotatable bonds is 7. The topological polar surface area (TPSA) is 88.9 Å². The van der Waals surface area contributed by atoms with E-state index in [1.807, 2.05) is 25.1 Å². The standard InChI is InChI=1S/C20H19Cl2N5O2S/c1-12-6-3-4-7-13(12)19(29)23-10-16-25-26-20(27(16)2)30-11-17(28)24-15-9-5-8-14(21)18(15)22/h3-9H,10-11H2,1-2H3,(H,23,29)(H,24,28). The monoisotopic (exact) mass is 463 g/mol. The molecule has 0 fully saturated rings. The Balaban J connectivity index is 1.55. The van der Waals surface area contributed by atoms with Crippen LogP contribution in [-0.4, -0.2) is 32.3 Å². The van der Waals surface area contributed by atoms with Gasteiger partial charge in [0.15, 0.2) is 11.0 Å². The van der Waals surface area contributed by atoms with Crippen LogP contribution in [0.4, 0.5) is 5.69 Å². The zero-order valence-electron chi connectivity index (χ0n) is 16.3. The van der Waals surface area contributed by atoms with Crippen molar-refractivity contribution in [3.8, 4) is 0 Å². The van der Waals surface area contributed by atoms with E-state index in [0.29, 0.717) is 32.3 Å². The van der Waals surface area contributed by atoms with Gasteiger partial charge in [-0.2, -0.15) is 0 Å². The molecular formula is C20H19Cl2N5O2S. The van der Waals surface area contributed by atoms with Crippen LogP contribution in [0.15, 0.2) is 47.6 Å². The summed E-state index contributed by atoms with van der Waals surface area (Å²) in [5.74, 6) is 0.270. The maximum absolute atomic E-state index is 12.4. The number of aryl methyl sites for hydroxylation is 1. The zero-order chi connectivity index (χ0) is 21.7. The number of nitrogens with one attached hydrogen (secondary N) is 2. The predicted octanol–water partition coefficient (Wildman–Crippen LogP) is 4.09. The summed E-state index contributed by atoms with van der Waals surface area (Å²) in [5, 5.41) is 15.0. The van der Waals surface area contributed by atoms with Crippen LogP contribution in [0.1, 0.15) is 21.7 Å². The van der Waals surface area contributed by atoms with Crippen molar-refractivity contribution >= 4 is 52.5 Å². The van der Waals surface area contributed by atoms with Crippen molar-refractivity contribution in [3.05, 3.63) is 69.5 Å². The summed E-state index contributed by atoms with van der Waals surface area (Å²) in [7, 11) is 1.78. The van der Waals surface area contributed by atoms with E-state index in [1.54, 1.807) is 35.9 Å². The van der Waals surface area contributed by atoms with E-state index in [1.165, 1.54) is 11.8 Å². The molecule has 0 radical (unpaired) electrons. The van der Waals surface area contributed by atoms with Gasteiger partial charge in [0.1, 0.15) is 0 Å². The highest BCUT2D eigenvalue weighted by Crippen LogP contribution is 2.29. The normalized spacial score (nSPS) is 10.7. The van der Waals surface area contributed by atoms with E-state index < -0.39 is 0 Å². The lowest BCUT2D eigenvalue weighted by Crippen LogP contribution is -2.25. The predicted molar refractivity (Wildman–Crippen MR) is 119 cm³/mol. The van der Waals surface area contributed by atoms with Crippen molar-refractivity contribution in [2.45, 2.75) is 18.6 Å². The third-order valence-electron chi connectivity index (χ3n) is 4.28. The molecule has 0 unspecified atom stereocenters. The summed E-state index contributed by atoms with van der Waals surface area (Å²) < 4.78 is 1.74. The number of amides is 2. The minimum Gasteiger partial charge on any atom is -0.345 e. The second-order valence-electron chi connectivity index (χ2n) is 6.39. The van der Waals surface area contributed by atoms with Gasteiger partial charge in [-0.1, -0.05) is 59.2 Å². The molecule has 10 heteroatoms. The third kappa shape index (κ3) is 5.33. The van der Waals surface area contributed by atoms with Crippen LogP contribution in [0.3, 0.4) is 0 Å². The molecule has 3 rings (SSSR count). The molecule has 0 atom stereocenters. The number of nitrogens with zero attached hydrogens (tertiary/aromatic N) is 3. The molecule has 156 valence electrons. The van der Waals surface area contributed by atoms with Crippen LogP contribution < -0.4 is 10.6 Å². The molecule has 0 bridgehead atoms. The van der Waals surface area contributed by atoms with Crippen LogP contribution in [-0.2, 0) is 18.4 Å². The molecule has 2 N–H and O–H groups in total. The first-order chi connectivity index (χ1) is 14.4. The second kappa shape index (κ2) is 9.97. The van der Waals surface area contributed by atoms with Gasteiger partial charge in [-0.3, -0.25) is 9.59 Å². The summed E-state index contributed by atoms with van der Waals surface area (Å²) in [6, 6.07) is 12.4. The van der Waals surface area contributed by atoms with Gasteiger partial charge in [0.25, 0.3) is 5.91 Å². The molecule has 2 amide bonds. The Hall–Kier alpha value is -2.55. The van der Waals surface area contributed by atoms with Gasteiger partial charge in [0, 0.05) is 12.6 Å². The van der Waals surface area contributed by atoms with Crippen LogP contribution >= 0.6 is 35.0 Å². The van der Waals surface area contributed by atoms with Crippen molar-refractivity contribution in [1.29, 1.82) is 0 Å². The number of hydrogen-bond acceptors (Lipinski definition) is 5. The fourth-order valence-electron chi connectivity index (χ4n) is 2.62. The van der Waals surface area contributed by atoms with Gasteiger partial charge >= 0.3 is 0 Å². The molecule has 0 aliphatic heterocycles. The molecule has 30 heavy (non-hydrogen) atoms. The average Bonchev–Trinajstić information content (AvgIpc) is 3.08. The Labute approximate surface area is 188 Å². The Kier molecular flexibility index (Phi) is 7.36. The Morgan fingerprint density at radius 1 is 1.10 bits per heavy atom. The Bertz CT molecular complexity index is 1090. The quantitative estimate of drug-likeness (QED) is 0.515. The summed E-state index contributed by atoms with van der Waals surface area (Å²) in [6.45, 7) is 2.11. The van der Waals surface area contributed by atoms with Crippen LogP contribution in [0.2, 0.25) is 10.0 Å². The first-order valence-corrected chi connectivity index (χ1v) is 10.7. The summed E-state index contributed by atoms with van der Waals surface area (Å²) in [6.07, 6.45) is 0. The fraction of sp³-hybridized carbons (Fsp3) is 0.200. The maximum atomic E-state index is 12.4. The zero-order valence-corrected chi connectivity index (χ0v) is 18.6. The molecule has 7 nitrogen and oxygen atoms in total. The van der Waals surface area contributed by atoms with Gasteiger partial charge in [0.05, 0.1) is 28.0 Å². The van der Waals surface area contributed by atoms with Gasteiger partial charge in [0.2, 0.25) is 5.91 Å². The molecule has 0 aliphatic carbocycles. The Morgan fingerprint density at radius 2 is 1.87 bits per heavy atom. The molecule has 0 spiro atoms. The van der Waals surface area contributed by atoms with E-state index in [0.717, 1.165) is 5.56 Å². The minimum absolute atomic E-state index is 0.115. The summed E-state index contributed by atoms with van der Waals surface area (Å²) >= 11 is 13.3. The second-order valence-corrected chi connectivity index (χ2v) is 8.12. The number of carbonyl (C=O) groups is 2. The van der Waals surface area contributed by atoms with Crippen molar-refractivity contribution in [2.24, 2.45) is 7.05 Å². The highest BCUT2D eigenvalue weighted by molar-refractivity contribution is 7.99. The molecule has 2 aromatic carbocycles. The third-order valence-corrected chi connectivity index (χ3v) is 6.12. The number of anilines is 1. The molecular weight excluding hydrogens is 445 g/mol. The molecule has 1 aromatic heterocycles. The van der Waals surface area contributed by atoms with Crippen LogP contribution in [0.5, 0.6) is 0 Å². The first-order valence-electron chi connectivity index (χ1n) is 8.95.